The predicted octanol–water partition coefficient (Wildman–Crippen LogP) is 0.668. The van der Waals surface area contributed by atoms with Gasteiger partial charge in [-0.25, -0.2) is 0 Å². The monoisotopic (exact) mass is 276 g/mol. The second-order valence-electron chi connectivity index (χ2n) is 4.88. The number of hydrogen-bond acceptors (Lipinski definition) is 4. The lowest BCUT2D eigenvalue weighted by molar-refractivity contribution is -0.121. The van der Waals surface area contributed by atoms with E-state index in [1.54, 1.807) is 24.5 Å². The summed E-state index contributed by atoms with van der Waals surface area (Å²) in [6, 6.07) is 3.74. The van der Waals surface area contributed by atoms with Crippen LogP contribution in [-0.4, -0.2) is 35.9 Å². The van der Waals surface area contributed by atoms with E-state index in [0.29, 0.717) is 24.7 Å². The fourth-order valence-corrected chi connectivity index (χ4v) is 2.20. The minimum atomic E-state index is -0.115. The summed E-state index contributed by atoms with van der Waals surface area (Å²) in [4.78, 5) is 27.2. The number of hydrogen-bond donors (Lipinski definition) is 3. The van der Waals surface area contributed by atoms with Gasteiger partial charge in [0.05, 0.1) is 0 Å². The van der Waals surface area contributed by atoms with Crippen molar-refractivity contribution in [2.75, 3.05) is 18.4 Å². The number of carbonyl (C=O) groups is 2. The highest BCUT2D eigenvalue weighted by Crippen LogP contribution is 2.08. The Hall–Kier alpha value is -1.95. The number of carbonyl (C=O) groups excluding carboxylic acids is 2. The maximum Gasteiger partial charge on any atom is 0.226 e. The fourth-order valence-electron chi connectivity index (χ4n) is 2.20. The highest BCUT2D eigenvalue weighted by Gasteiger charge is 2.17. The number of nitrogens with one attached hydrogen (secondary N) is 3. The summed E-state index contributed by atoms with van der Waals surface area (Å²) in [5.74, 6) is -0.114. The summed E-state index contributed by atoms with van der Waals surface area (Å²) >= 11 is 0. The Kier molecular flexibility index (Phi) is 5.49. The summed E-state index contributed by atoms with van der Waals surface area (Å²) in [7, 11) is 0. The highest BCUT2D eigenvalue weighted by molar-refractivity contribution is 5.91. The van der Waals surface area contributed by atoms with Crippen molar-refractivity contribution >= 4 is 17.5 Å². The van der Waals surface area contributed by atoms with Crippen LogP contribution in [0.3, 0.4) is 0 Å². The molecule has 108 valence electrons. The van der Waals surface area contributed by atoms with E-state index >= 15 is 0 Å². The van der Waals surface area contributed by atoms with Crippen molar-refractivity contribution in [1.82, 2.24) is 15.6 Å². The zero-order valence-corrected chi connectivity index (χ0v) is 11.4. The van der Waals surface area contributed by atoms with Gasteiger partial charge in [-0.1, -0.05) is 0 Å². The van der Waals surface area contributed by atoms with Gasteiger partial charge in [-0.3, -0.25) is 14.6 Å². The number of aromatic nitrogens is 1. The third-order valence-corrected chi connectivity index (χ3v) is 3.23. The Morgan fingerprint density at radius 2 is 2.10 bits per heavy atom. The minimum Gasteiger partial charge on any atom is -0.356 e. The molecule has 6 heteroatoms. The number of amides is 2. The first kappa shape index (κ1) is 14.5. The fraction of sp³-hybridized carbons (Fsp3) is 0.500. The maximum absolute atomic E-state index is 11.6. The number of pyridine rings is 1. The van der Waals surface area contributed by atoms with E-state index in [-0.39, 0.29) is 18.2 Å². The molecule has 3 N–H and O–H groups in total. The first-order valence-corrected chi connectivity index (χ1v) is 6.94. The average molecular weight is 276 g/mol. The highest BCUT2D eigenvalue weighted by atomic mass is 16.2. The molecule has 1 aliphatic rings. The SMILES string of the molecule is O=C(CC1CCCN1)NCCC(=O)Nc1ccncc1. The van der Waals surface area contributed by atoms with E-state index < -0.39 is 0 Å². The second kappa shape index (κ2) is 7.59. The van der Waals surface area contributed by atoms with E-state index in [4.69, 9.17) is 0 Å². The molecule has 2 heterocycles. The molecule has 1 aromatic heterocycles. The zero-order chi connectivity index (χ0) is 14.2. The van der Waals surface area contributed by atoms with Gasteiger partial charge in [0.2, 0.25) is 11.8 Å². The van der Waals surface area contributed by atoms with Gasteiger partial charge in [-0.05, 0) is 31.5 Å². The molecule has 1 aliphatic heterocycles. The van der Waals surface area contributed by atoms with Crippen molar-refractivity contribution in [3.63, 3.8) is 0 Å². The first-order chi connectivity index (χ1) is 9.74. The molecular formula is C14H20N4O2. The van der Waals surface area contributed by atoms with Crippen molar-refractivity contribution in [2.24, 2.45) is 0 Å². The molecule has 0 radical (unpaired) electrons. The van der Waals surface area contributed by atoms with Gasteiger partial charge in [0, 0.05) is 43.5 Å². The number of anilines is 1. The molecule has 0 aliphatic carbocycles. The number of nitrogens with zero attached hydrogens (tertiary/aromatic N) is 1. The molecule has 2 amide bonds. The third kappa shape index (κ3) is 4.97. The normalized spacial score (nSPS) is 17.7. The molecule has 0 saturated carbocycles. The summed E-state index contributed by atoms with van der Waals surface area (Å²) in [6.07, 6.45) is 6.18. The van der Waals surface area contributed by atoms with Gasteiger partial charge in [0.1, 0.15) is 0 Å². The molecule has 0 spiro atoms. The van der Waals surface area contributed by atoms with Gasteiger partial charge in [0.25, 0.3) is 0 Å². The molecular weight excluding hydrogens is 256 g/mol. The Morgan fingerprint density at radius 3 is 2.80 bits per heavy atom. The van der Waals surface area contributed by atoms with Crippen LogP contribution in [0.5, 0.6) is 0 Å². The Balaban J connectivity index is 1.60. The molecule has 1 atom stereocenters. The number of rotatable bonds is 6. The summed E-state index contributed by atoms with van der Waals surface area (Å²) < 4.78 is 0. The van der Waals surface area contributed by atoms with Crippen LogP contribution in [-0.2, 0) is 9.59 Å². The molecule has 20 heavy (non-hydrogen) atoms. The second-order valence-corrected chi connectivity index (χ2v) is 4.88. The first-order valence-electron chi connectivity index (χ1n) is 6.94. The van der Waals surface area contributed by atoms with Crippen LogP contribution in [0.15, 0.2) is 24.5 Å². The van der Waals surface area contributed by atoms with Crippen molar-refractivity contribution in [3.8, 4) is 0 Å². The minimum absolute atomic E-state index is 0.00103. The Morgan fingerprint density at radius 1 is 1.30 bits per heavy atom. The average Bonchev–Trinajstić information content (AvgIpc) is 2.92. The predicted molar refractivity (Wildman–Crippen MR) is 76.1 cm³/mol. The van der Waals surface area contributed by atoms with Gasteiger partial charge in [-0.15, -0.1) is 0 Å². The van der Waals surface area contributed by atoms with Crippen LogP contribution in [0.1, 0.15) is 25.7 Å². The lowest BCUT2D eigenvalue weighted by Gasteiger charge is -2.10. The molecule has 2 rings (SSSR count). The third-order valence-electron chi connectivity index (χ3n) is 3.23. The Labute approximate surface area is 118 Å². The molecule has 1 aromatic rings. The lowest BCUT2D eigenvalue weighted by atomic mass is 10.1. The van der Waals surface area contributed by atoms with E-state index in [1.165, 1.54) is 0 Å². The van der Waals surface area contributed by atoms with E-state index in [2.05, 4.69) is 20.9 Å². The van der Waals surface area contributed by atoms with Crippen molar-refractivity contribution in [3.05, 3.63) is 24.5 Å². The van der Waals surface area contributed by atoms with Crippen LogP contribution in [0.4, 0.5) is 5.69 Å². The topological polar surface area (TPSA) is 83.1 Å². The maximum atomic E-state index is 11.6. The van der Waals surface area contributed by atoms with Crippen LogP contribution in [0.25, 0.3) is 0 Å². The van der Waals surface area contributed by atoms with Crippen LogP contribution >= 0.6 is 0 Å². The Bertz CT molecular complexity index is 444. The summed E-state index contributed by atoms with van der Waals surface area (Å²) in [5, 5.41) is 8.79. The van der Waals surface area contributed by atoms with E-state index in [0.717, 1.165) is 19.4 Å². The molecule has 0 bridgehead atoms. The largest absolute Gasteiger partial charge is 0.356 e. The van der Waals surface area contributed by atoms with Gasteiger partial charge in [0.15, 0.2) is 0 Å². The molecule has 1 unspecified atom stereocenters. The lowest BCUT2D eigenvalue weighted by Crippen LogP contribution is -2.33. The van der Waals surface area contributed by atoms with Crippen LogP contribution in [0, 0.1) is 0 Å². The summed E-state index contributed by atoms with van der Waals surface area (Å²) in [5.41, 5.74) is 0.714. The summed E-state index contributed by atoms with van der Waals surface area (Å²) in [6.45, 7) is 1.36. The molecule has 1 saturated heterocycles. The molecule has 6 nitrogen and oxygen atoms in total. The van der Waals surface area contributed by atoms with Crippen LogP contribution < -0.4 is 16.0 Å². The van der Waals surface area contributed by atoms with Gasteiger partial charge < -0.3 is 16.0 Å². The van der Waals surface area contributed by atoms with Crippen LogP contribution in [0.2, 0.25) is 0 Å². The molecule has 0 aromatic carbocycles. The van der Waals surface area contributed by atoms with Crippen molar-refractivity contribution < 1.29 is 9.59 Å². The standard InChI is InChI=1S/C14H20N4O2/c19-13(18-11-3-7-15-8-4-11)5-9-17-14(20)10-12-2-1-6-16-12/h3-4,7-8,12,16H,1-2,5-6,9-10H2,(H,17,20)(H,15,18,19). The quantitative estimate of drug-likeness (QED) is 0.713. The van der Waals surface area contributed by atoms with Crippen molar-refractivity contribution in [1.29, 1.82) is 0 Å². The smallest absolute Gasteiger partial charge is 0.226 e. The molecule has 1 fully saturated rings. The zero-order valence-electron chi connectivity index (χ0n) is 11.4. The van der Waals surface area contributed by atoms with E-state index in [9.17, 15) is 9.59 Å². The van der Waals surface area contributed by atoms with E-state index in [1.807, 2.05) is 0 Å². The van der Waals surface area contributed by atoms with Gasteiger partial charge >= 0.3 is 0 Å². The van der Waals surface area contributed by atoms with Gasteiger partial charge in [-0.2, -0.15) is 0 Å². The van der Waals surface area contributed by atoms with Crippen molar-refractivity contribution in [2.45, 2.75) is 31.7 Å².